The smallest absolute Gasteiger partial charge is 0.253 e. The molecule has 0 saturated carbocycles. The van der Waals surface area contributed by atoms with E-state index in [4.69, 9.17) is 11.6 Å². The van der Waals surface area contributed by atoms with Gasteiger partial charge in [-0.2, -0.15) is 0 Å². The molecule has 140 valence electrons. The first-order valence-electron chi connectivity index (χ1n) is 8.13. The zero-order valence-corrected chi connectivity index (χ0v) is 17.3. The molecular formula is C20H17ClFNO2S2. The Morgan fingerprint density at radius 3 is 2.52 bits per heavy atom. The topological polar surface area (TPSA) is 50.2 Å². The van der Waals surface area contributed by atoms with Crippen LogP contribution in [0.4, 0.5) is 4.39 Å². The van der Waals surface area contributed by atoms with E-state index in [0.29, 0.717) is 5.56 Å². The number of nitrogens with zero attached hydrogens (tertiary/aromatic N) is 1. The van der Waals surface area contributed by atoms with Crippen molar-refractivity contribution in [1.82, 2.24) is 4.98 Å². The van der Waals surface area contributed by atoms with Crippen LogP contribution in [0.25, 0.3) is 10.6 Å². The van der Waals surface area contributed by atoms with Crippen molar-refractivity contribution in [2.45, 2.75) is 36.0 Å². The summed E-state index contributed by atoms with van der Waals surface area (Å²) in [5, 5.41) is 10.6. The molecule has 0 spiro atoms. The van der Waals surface area contributed by atoms with Gasteiger partial charge in [0.15, 0.2) is 0 Å². The van der Waals surface area contributed by atoms with E-state index in [9.17, 15) is 14.3 Å². The summed E-state index contributed by atoms with van der Waals surface area (Å²) in [6, 6.07) is 11.8. The molecule has 27 heavy (non-hydrogen) atoms. The molecule has 1 aromatic heterocycles. The van der Waals surface area contributed by atoms with Crippen molar-refractivity contribution in [3.63, 3.8) is 0 Å². The number of halogens is 2. The molecular weight excluding hydrogens is 405 g/mol. The van der Waals surface area contributed by atoms with Crippen molar-refractivity contribution < 1.29 is 9.50 Å². The van der Waals surface area contributed by atoms with E-state index in [2.05, 4.69) is 25.8 Å². The Morgan fingerprint density at radius 2 is 1.89 bits per heavy atom. The van der Waals surface area contributed by atoms with Crippen LogP contribution in [0.5, 0.6) is 5.88 Å². The average Bonchev–Trinajstić information content (AvgIpc) is 2.60. The molecule has 3 nitrogen and oxygen atoms in total. The summed E-state index contributed by atoms with van der Waals surface area (Å²) in [5.74, 6) is -0.897. The fraction of sp³-hybridized carbons (Fsp3) is 0.200. The van der Waals surface area contributed by atoms with Gasteiger partial charge >= 0.3 is 0 Å². The van der Waals surface area contributed by atoms with Crippen LogP contribution in [0, 0.1) is 5.82 Å². The third-order valence-corrected chi connectivity index (χ3v) is 6.34. The maximum Gasteiger partial charge on any atom is 0.253 e. The highest BCUT2D eigenvalue weighted by Gasteiger charge is 2.21. The molecule has 0 aliphatic rings. The van der Waals surface area contributed by atoms with Crippen molar-refractivity contribution in [3.8, 4) is 16.5 Å². The fourth-order valence-corrected chi connectivity index (χ4v) is 4.76. The molecule has 2 aromatic carbocycles. The van der Waals surface area contributed by atoms with Gasteiger partial charge in [-0.3, -0.25) is 4.79 Å². The Hall–Kier alpha value is -1.89. The van der Waals surface area contributed by atoms with E-state index in [-0.39, 0.29) is 31.0 Å². The van der Waals surface area contributed by atoms with Crippen LogP contribution in [0.1, 0.15) is 26.3 Å². The third kappa shape index (κ3) is 4.34. The number of hydrogen-bond acceptors (Lipinski definition) is 5. The first-order chi connectivity index (χ1) is 12.7. The second kappa shape index (κ2) is 7.62. The van der Waals surface area contributed by atoms with Crippen LogP contribution in [0.2, 0.25) is 5.02 Å². The molecule has 0 aliphatic heterocycles. The summed E-state index contributed by atoms with van der Waals surface area (Å²) in [6.45, 7) is 6.27. The van der Waals surface area contributed by atoms with Crippen molar-refractivity contribution in [2.75, 3.05) is 0 Å². The Balaban J connectivity index is 2.02. The summed E-state index contributed by atoms with van der Waals surface area (Å²) >= 11 is 7.89. The summed E-state index contributed by atoms with van der Waals surface area (Å²) in [7, 11) is 0. The molecule has 3 rings (SSSR count). The SMILES string of the molecule is CC(C)(C)c1ccccc1Sc1c(O)nc(-c2ccc(F)c(Cl)c2)sc1=O. The monoisotopic (exact) mass is 421 g/mol. The van der Waals surface area contributed by atoms with Gasteiger partial charge in [0, 0.05) is 10.5 Å². The Kier molecular flexibility index (Phi) is 5.60. The van der Waals surface area contributed by atoms with E-state index in [1.54, 1.807) is 0 Å². The zero-order chi connectivity index (χ0) is 19.8. The van der Waals surface area contributed by atoms with Gasteiger partial charge < -0.3 is 5.11 Å². The lowest BCUT2D eigenvalue weighted by Gasteiger charge is -2.22. The summed E-state index contributed by atoms with van der Waals surface area (Å²) < 4.78 is 13.0. The number of aromatic nitrogens is 1. The maximum atomic E-state index is 13.4. The molecule has 0 saturated heterocycles. The van der Waals surface area contributed by atoms with Gasteiger partial charge in [0.25, 0.3) is 4.74 Å². The average molecular weight is 422 g/mol. The minimum Gasteiger partial charge on any atom is -0.492 e. The highest BCUT2D eigenvalue weighted by molar-refractivity contribution is 7.99. The van der Waals surface area contributed by atoms with Crippen LogP contribution >= 0.6 is 34.7 Å². The van der Waals surface area contributed by atoms with Crippen LogP contribution in [-0.4, -0.2) is 10.1 Å². The van der Waals surface area contributed by atoms with Crippen LogP contribution in [-0.2, 0) is 5.41 Å². The number of rotatable bonds is 3. The normalized spacial score (nSPS) is 11.6. The number of hydrogen-bond donors (Lipinski definition) is 1. The molecule has 0 atom stereocenters. The summed E-state index contributed by atoms with van der Waals surface area (Å²) in [4.78, 5) is 17.8. The minimum atomic E-state index is -0.553. The third-order valence-electron chi connectivity index (χ3n) is 3.86. The zero-order valence-electron chi connectivity index (χ0n) is 14.9. The Labute approximate surface area is 169 Å². The fourth-order valence-electron chi connectivity index (χ4n) is 2.52. The van der Waals surface area contributed by atoms with Gasteiger partial charge in [-0.15, -0.1) is 0 Å². The highest BCUT2D eigenvalue weighted by atomic mass is 35.5. The van der Waals surface area contributed by atoms with E-state index >= 15 is 0 Å². The molecule has 1 N–H and O–H groups in total. The Bertz CT molecular complexity index is 1060. The predicted octanol–water partition coefficient (Wildman–Crippen LogP) is 6.12. The van der Waals surface area contributed by atoms with E-state index in [1.165, 1.54) is 30.0 Å². The summed E-state index contributed by atoms with van der Waals surface area (Å²) in [6.07, 6.45) is 0. The van der Waals surface area contributed by atoms with Crippen molar-refractivity contribution in [1.29, 1.82) is 0 Å². The minimum absolute atomic E-state index is 0.0639. The molecule has 0 unspecified atom stereocenters. The quantitative estimate of drug-likeness (QED) is 0.553. The van der Waals surface area contributed by atoms with Crippen LogP contribution in [0.15, 0.2) is 57.1 Å². The van der Waals surface area contributed by atoms with E-state index < -0.39 is 5.82 Å². The van der Waals surface area contributed by atoms with Gasteiger partial charge in [0.1, 0.15) is 15.7 Å². The second-order valence-electron chi connectivity index (χ2n) is 6.94. The van der Waals surface area contributed by atoms with Gasteiger partial charge in [-0.05, 0) is 35.2 Å². The largest absolute Gasteiger partial charge is 0.492 e. The van der Waals surface area contributed by atoms with Gasteiger partial charge in [-0.25, -0.2) is 9.37 Å². The molecule has 1 heterocycles. The van der Waals surface area contributed by atoms with Gasteiger partial charge in [-0.1, -0.05) is 73.7 Å². The van der Waals surface area contributed by atoms with Crippen molar-refractivity contribution in [3.05, 3.63) is 68.4 Å². The molecule has 0 amide bonds. The lowest BCUT2D eigenvalue weighted by molar-refractivity contribution is 0.441. The second-order valence-corrected chi connectivity index (χ2v) is 9.36. The molecule has 3 aromatic rings. The highest BCUT2D eigenvalue weighted by Crippen LogP contribution is 2.39. The van der Waals surface area contributed by atoms with Crippen LogP contribution in [0.3, 0.4) is 0 Å². The van der Waals surface area contributed by atoms with Crippen molar-refractivity contribution >= 4 is 34.7 Å². The Morgan fingerprint density at radius 1 is 1.19 bits per heavy atom. The molecule has 7 heteroatoms. The number of benzene rings is 2. The van der Waals surface area contributed by atoms with E-state index in [1.807, 2.05) is 24.3 Å². The van der Waals surface area contributed by atoms with Crippen LogP contribution < -0.4 is 4.74 Å². The lowest BCUT2D eigenvalue weighted by atomic mass is 9.87. The first-order valence-corrected chi connectivity index (χ1v) is 10.1. The number of aromatic hydroxyl groups is 1. The standard InChI is InChI=1S/C20H17ClFNO2S2/c1-20(2,3)12-6-4-5-7-15(12)26-16-17(24)23-18(27-19(16)25)11-8-9-14(22)13(21)10-11/h4-10,24H,1-3H3. The summed E-state index contributed by atoms with van der Waals surface area (Å²) in [5.41, 5.74) is 1.45. The molecule has 0 fully saturated rings. The molecule has 0 radical (unpaired) electrons. The predicted molar refractivity (Wildman–Crippen MR) is 110 cm³/mol. The van der Waals surface area contributed by atoms with E-state index in [0.717, 1.165) is 21.8 Å². The van der Waals surface area contributed by atoms with Gasteiger partial charge in [0.05, 0.1) is 5.02 Å². The van der Waals surface area contributed by atoms with Crippen molar-refractivity contribution in [2.24, 2.45) is 0 Å². The first kappa shape index (κ1) is 19.9. The molecule has 0 aliphatic carbocycles. The maximum absolute atomic E-state index is 13.4. The van der Waals surface area contributed by atoms with Gasteiger partial charge in [0.2, 0.25) is 5.88 Å². The lowest BCUT2D eigenvalue weighted by Crippen LogP contribution is -2.12. The molecule has 0 bridgehead atoms.